The zero-order valence-electron chi connectivity index (χ0n) is 24.6. The van der Waals surface area contributed by atoms with Crippen molar-refractivity contribution in [2.24, 2.45) is 4.99 Å². The number of fused-ring (bicyclic) bond motifs is 10. The molecule has 0 fully saturated rings. The van der Waals surface area contributed by atoms with Crippen molar-refractivity contribution < 1.29 is 4.57 Å². The van der Waals surface area contributed by atoms with Crippen LogP contribution in [0.4, 0.5) is 5.82 Å². The van der Waals surface area contributed by atoms with Gasteiger partial charge in [-0.15, -0.1) is 0 Å². The average Bonchev–Trinajstić information content (AvgIpc) is 3.50. The molecular formula is C41H31N2+. The number of rotatable bonds is 2. The highest BCUT2D eigenvalue weighted by molar-refractivity contribution is 6.19. The smallest absolute Gasteiger partial charge is 0.216 e. The second-order valence-corrected chi connectivity index (χ2v) is 12.7. The van der Waals surface area contributed by atoms with Crippen LogP contribution < -0.4 is 4.57 Å². The van der Waals surface area contributed by atoms with Gasteiger partial charge in [0.15, 0.2) is 11.8 Å². The van der Waals surface area contributed by atoms with Crippen molar-refractivity contribution in [2.45, 2.75) is 32.2 Å². The van der Waals surface area contributed by atoms with Gasteiger partial charge in [-0.1, -0.05) is 105 Å². The second-order valence-electron chi connectivity index (χ2n) is 12.7. The van der Waals surface area contributed by atoms with Gasteiger partial charge in [0, 0.05) is 24.0 Å². The lowest BCUT2D eigenvalue weighted by Crippen LogP contribution is -2.39. The van der Waals surface area contributed by atoms with Gasteiger partial charge in [-0.2, -0.15) is 0 Å². The summed E-state index contributed by atoms with van der Waals surface area (Å²) >= 11 is 0. The highest BCUT2D eigenvalue weighted by atomic mass is 15.1. The van der Waals surface area contributed by atoms with Crippen molar-refractivity contribution in [1.82, 2.24) is 0 Å². The molecule has 1 unspecified atom stereocenters. The first-order chi connectivity index (χ1) is 21.0. The first kappa shape index (κ1) is 24.5. The van der Waals surface area contributed by atoms with Crippen LogP contribution in [0.25, 0.3) is 54.6 Å². The molecule has 0 spiro atoms. The van der Waals surface area contributed by atoms with Gasteiger partial charge in [-0.25, -0.2) is 4.57 Å². The van der Waals surface area contributed by atoms with E-state index in [1.165, 1.54) is 71.3 Å². The number of aliphatic imine (C=N–C) groups is 1. The SMILES string of the molecule is CC1=Nc2cccc[n+]2C1c1ccc(-c2ccc3cc4c(cc3c2)C(C)(C)c2c-4c3ccccc3c3ccccc23)cc1. The third-order valence-corrected chi connectivity index (χ3v) is 9.87. The summed E-state index contributed by atoms with van der Waals surface area (Å²) in [6.45, 7) is 6.92. The Labute approximate surface area is 251 Å². The van der Waals surface area contributed by atoms with Gasteiger partial charge in [-0.05, 0) is 95.0 Å². The Morgan fingerprint density at radius 1 is 0.628 bits per heavy atom. The minimum Gasteiger partial charge on any atom is -0.216 e. The molecule has 0 saturated heterocycles. The Balaban J connectivity index is 1.16. The van der Waals surface area contributed by atoms with E-state index < -0.39 is 0 Å². The third kappa shape index (κ3) is 3.41. The van der Waals surface area contributed by atoms with Crippen LogP contribution in [0, 0.1) is 0 Å². The number of hydrogen-bond acceptors (Lipinski definition) is 1. The van der Waals surface area contributed by atoms with E-state index in [-0.39, 0.29) is 11.5 Å². The minimum atomic E-state index is -0.102. The Morgan fingerprint density at radius 2 is 1.30 bits per heavy atom. The number of nitrogens with zero attached hydrogens (tertiary/aromatic N) is 2. The van der Waals surface area contributed by atoms with Crippen molar-refractivity contribution in [1.29, 1.82) is 0 Å². The van der Waals surface area contributed by atoms with Crippen LogP contribution in [0.5, 0.6) is 0 Å². The lowest BCUT2D eigenvalue weighted by Gasteiger charge is -2.24. The second kappa shape index (κ2) is 8.72. The van der Waals surface area contributed by atoms with E-state index in [9.17, 15) is 0 Å². The molecule has 0 N–H and O–H groups in total. The predicted molar refractivity (Wildman–Crippen MR) is 180 cm³/mol. The summed E-state index contributed by atoms with van der Waals surface area (Å²) in [6.07, 6.45) is 2.13. The molecule has 0 bridgehead atoms. The van der Waals surface area contributed by atoms with Gasteiger partial charge < -0.3 is 0 Å². The first-order valence-corrected chi connectivity index (χ1v) is 15.2. The molecule has 0 saturated carbocycles. The summed E-state index contributed by atoms with van der Waals surface area (Å²) in [5.41, 5.74) is 10.4. The molecule has 7 aromatic rings. The fraction of sp³-hybridized carbons (Fsp3) is 0.122. The van der Waals surface area contributed by atoms with Gasteiger partial charge in [0.05, 0.1) is 6.20 Å². The summed E-state index contributed by atoms with van der Waals surface area (Å²) in [7, 11) is 0. The van der Waals surface area contributed by atoms with Gasteiger partial charge in [0.25, 0.3) is 0 Å². The molecule has 1 aliphatic heterocycles. The van der Waals surface area contributed by atoms with Crippen LogP contribution in [0.1, 0.15) is 43.5 Å². The zero-order chi connectivity index (χ0) is 28.9. The van der Waals surface area contributed by atoms with E-state index in [2.05, 4.69) is 147 Å². The molecular weight excluding hydrogens is 520 g/mol. The Bertz CT molecular complexity index is 2320. The van der Waals surface area contributed by atoms with E-state index >= 15 is 0 Å². The maximum absolute atomic E-state index is 4.79. The molecule has 0 amide bonds. The van der Waals surface area contributed by atoms with Crippen LogP contribution >= 0.6 is 0 Å². The van der Waals surface area contributed by atoms with Gasteiger partial charge in [-0.3, -0.25) is 0 Å². The van der Waals surface area contributed by atoms with E-state index in [0.717, 1.165) is 11.5 Å². The number of aromatic nitrogens is 1. The van der Waals surface area contributed by atoms with Crippen molar-refractivity contribution in [2.75, 3.05) is 0 Å². The summed E-state index contributed by atoms with van der Waals surface area (Å²) in [5.74, 6) is 1.02. The fourth-order valence-electron chi connectivity index (χ4n) is 7.87. The van der Waals surface area contributed by atoms with Crippen LogP contribution in [0.2, 0.25) is 0 Å². The maximum Gasteiger partial charge on any atom is 0.323 e. The molecule has 2 aliphatic rings. The zero-order valence-corrected chi connectivity index (χ0v) is 24.6. The Kier molecular flexibility index (Phi) is 4.97. The third-order valence-electron chi connectivity index (χ3n) is 9.87. The lowest BCUT2D eigenvalue weighted by molar-refractivity contribution is -0.680. The summed E-state index contributed by atoms with van der Waals surface area (Å²) in [4.78, 5) is 4.79. The molecule has 9 rings (SSSR count). The topological polar surface area (TPSA) is 16.2 Å². The van der Waals surface area contributed by atoms with Crippen LogP contribution in [0.3, 0.4) is 0 Å². The van der Waals surface area contributed by atoms with Crippen LogP contribution in [-0.2, 0) is 5.41 Å². The van der Waals surface area contributed by atoms with Crippen molar-refractivity contribution in [3.63, 3.8) is 0 Å². The molecule has 1 aliphatic carbocycles. The summed E-state index contributed by atoms with van der Waals surface area (Å²) < 4.78 is 2.26. The highest BCUT2D eigenvalue weighted by Gasteiger charge is 2.38. The highest BCUT2D eigenvalue weighted by Crippen LogP contribution is 2.55. The van der Waals surface area contributed by atoms with E-state index in [1.807, 2.05) is 6.07 Å². The normalized spacial score (nSPS) is 16.3. The van der Waals surface area contributed by atoms with Crippen LogP contribution in [-0.4, -0.2) is 5.71 Å². The molecule has 0 radical (unpaired) electrons. The van der Waals surface area contributed by atoms with E-state index in [1.54, 1.807) is 0 Å². The molecule has 1 aromatic heterocycles. The van der Waals surface area contributed by atoms with Crippen molar-refractivity contribution in [3.8, 4) is 22.3 Å². The molecule has 6 aromatic carbocycles. The lowest BCUT2D eigenvalue weighted by atomic mass is 9.79. The number of pyridine rings is 1. The fourth-order valence-corrected chi connectivity index (χ4v) is 7.87. The molecule has 2 heteroatoms. The molecule has 43 heavy (non-hydrogen) atoms. The summed E-state index contributed by atoms with van der Waals surface area (Å²) in [6, 6.07) is 45.1. The quantitative estimate of drug-likeness (QED) is 0.150. The van der Waals surface area contributed by atoms with Crippen molar-refractivity contribution in [3.05, 3.63) is 144 Å². The molecule has 2 heterocycles. The van der Waals surface area contributed by atoms with Gasteiger partial charge in [0.1, 0.15) is 0 Å². The number of hydrogen-bond donors (Lipinski definition) is 0. The number of benzene rings is 6. The predicted octanol–water partition coefficient (Wildman–Crippen LogP) is 10.1. The maximum atomic E-state index is 4.79. The van der Waals surface area contributed by atoms with E-state index in [0.29, 0.717) is 0 Å². The van der Waals surface area contributed by atoms with Crippen molar-refractivity contribution >= 4 is 43.8 Å². The Morgan fingerprint density at radius 3 is 2.09 bits per heavy atom. The standard InChI is InChI=1S/C41H31N2/c1-25-40(43-21-9-8-14-37(43)42-25)27-17-15-26(16-18-27)28-19-20-29-23-35-36(24-30(29)22-28)41(2,3)39-34-13-7-5-11-32(34)31-10-4-6-12-33(31)38(35)39/h4-24,40H,1-3H3/q+1. The largest absolute Gasteiger partial charge is 0.323 e. The minimum absolute atomic E-state index is 0.102. The molecule has 1 atom stereocenters. The Hall–Kier alpha value is -5.08. The van der Waals surface area contributed by atoms with Crippen LogP contribution in [0.15, 0.2) is 133 Å². The monoisotopic (exact) mass is 551 g/mol. The summed E-state index contributed by atoms with van der Waals surface area (Å²) in [5, 5.41) is 7.96. The van der Waals surface area contributed by atoms with Gasteiger partial charge >= 0.3 is 5.82 Å². The molecule has 2 nitrogen and oxygen atoms in total. The van der Waals surface area contributed by atoms with E-state index in [4.69, 9.17) is 4.99 Å². The average molecular weight is 552 g/mol. The first-order valence-electron chi connectivity index (χ1n) is 15.2. The van der Waals surface area contributed by atoms with Gasteiger partial charge in [0.2, 0.25) is 0 Å². The molecule has 204 valence electrons.